The summed E-state index contributed by atoms with van der Waals surface area (Å²) in [6.07, 6.45) is 0. The fourth-order valence-electron chi connectivity index (χ4n) is 11.3. The smallest absolute Gasteiger partial charge is 0.143 e. The first kappa shape index (κ1) is 32.0. The molecule has 2 heteroatoms. The van der Waals surface area contributed by atoms with E-state index in [-0.39, 0.29) is 5.41 Å². The normalized spacial score (nSPS) is 13.7. The maximum Gasteiger partial charge on any atom is 0.143 e. The van der Waals surface area contributed by atoms with Gasteiger partial charge in [0, 0.05) is 52.7 Å². The van der Waals surface area contributed by atoms with Crippen molar-refractivity contribution in [3.05, 3.63) is 181 Å². The quantitative estimate of drug-likeness (QED) is 0.126. The van der Waals surface area contributed by atoms with Gasteiger partial charge in [0.15, 0.2) is 0 Å². The molecule has 0 bridgehead atoms. The zero-order chi connectivity index (χ0) is 38.7. The molecule has 274 valence electrons. The number of hydrogen-bond donors (Lipinski definition) is 0. The first-order valence-electron chi connectivity index (χ1n) is 20.6. The van der Waals surface area contributed by atoms with Gasteiger partial charge in [0.2, 0.25) is 0 Å². The summed E-state index contributed by atoms with van der Waals surface area (Å²) in [5.74, 6) is 0. The van der Waals surface area contributed by atoms with Gasteiger partial charge in [0.1, 0.15) is 11.2 Å². The molecule has 0 amide bonds. The third-order valence-corrected chi connectivity index (χ3v) is 15.0. The third kappa shape index (κ3) is 4.00. The fraction of sp³-hybridized carbons (Fsp3) is 0.0526. The van der Waals surface area contributed by atoms with E-state index in [1.165, 1.54) is 118 Å². The number of benzene rings is 11. The number of hydrogen-bond acceptors (Lipinski definition) is 2. The Kier molecular flexibility index (Phi) is 6.04. The maximum atomic E-state index is 6.99. The van der Waals surface area contributed by atoms with Crippen molar-refractivity contribution < 1.29 is 4.42 Å². The van der Waals surface area contributed by atoms with E-state index < -0.39 is 0 Å². The lowest BCUT2D eigenvalue weighted by atomic mass is 9.82. The summed E-state index contributed by atoms with van der Waals surface area (Å²) < 4.78 is 9.74. The minimum atomic E-state index is -0.0768. The molecule has 0 atom stereocenters. The van der Waals surface area contributed by atoms with Gasteiger partial charge in [-0.2, -0.15) is 0 Å². The molecule has 11 aromatic carbocycles. The fourth-order valence-corrected chi connectivity index (χ4v) is 12.8. The number of rotatable bonds is 2. The molecule has 2 heterocycles. The third-order valence-electron chi connectivity index (χ3n) is 13.8. The highest BCUT2D eigenvalue weighted by molar-refractivity contribution is 7.26. The van der Waals surface area contributed by atoms with Crippen LogP contribution in [0.5, 0.6) is 0 Å². The predicted molar refractivity (Wildman–Crippen MR) is 254 cm³/mol. The van der Waals surface area contributed by atoms with E-state index in [9.17, 15) is 0 Å². The highest BCUT2D eigenvalue weighted by Crippen LogP contribution is 2.55. The van der Waals surface area contributed by atoms with E-state index in [0.717, 1.165) is 22.1 Å². The lowest BCUT2D eigenvalue weighted by Gasteiger charge is -2.22. The number of thiophene rings is 1. The number of furan rings is 1. The van der Waals surface area contributed by atoms with Crippen LogP contribution in [0.4, 0.5) is 0 Å². The van der Waals surface area contributed by atoms with Crippen LogP contribution in [-0.4, -0.2) is 0 Å². The van der Waals surface area contributed by atoms with Crippen molar-refractivity contribution >= 4 is 107 Å². The molecule has 1 nitrogen and oxygen atoms in total. The van der Waals surface area contributed by atoms with Gasteiger partial charge in [0.25, 0.3) is 0 Å². The van der Waals surface area contributed by atoms with Crippen LogP contribution in [0.3, 0.4) is 0 Å². The average molecular weight is 767 g/mol. The van der Waals surface area contributed by atoms with Gasteiger partial charge in [-0.3, -0.25) is 0 Å². The highest BCUT2D eigenvalue weighted by Gasteiger charge is 2.37. The molecular weight excluding hydrogens is 733 g/mol. The minimum Gasteiger partial charge on any atom is -0.455 e. The molecule has 13 aromatic rings. The zero-order valence-corrected chi connectivity index (χ0v) is 33.3. The van der Waals surface area contributed by atoms with Crippen LogP contribution in [0.1, 0.15) is 25.0 Å². The van der Waals surface area contributed by atoms with E-state index >= 15 is 0 Å². The van der Waals surface area contributed by atoms with Gasteiger partial charge in [-0.15, -0.1) is 11.3 Å². The lowest BCUT2D eigenvalue weighted by molar-refractivity contribution is 0.667. The Labute approximate surface area is 343 Å². The molecule has 2 aromatic heterocycles. The lowest BCUT2D eigenvalue weighted by Crippen LogP contribution is -2.14. The number of fused-ring (bicyclic) bond motifs is 14. The zero-order valence-electron chi connectivity index (χ0n) is 32.5. The molecule has 59 heavy (non-hydrogen) atoms. The van der Waals surface area contributed by atoms with Crippen LogP contribution in [0, 0.1) is 0 Å². The molecular formula is C57H34OS. The monoisotopic (exact) mass is 766 g/mol. The van der Waals surface area contributed by atoms with E-state index in [1.807, 2.05) is 11.3 Å². The van der Waals surface area contributed by atoms with Gasteiger partial charge >= 0.3 is 0 Å². The molecule has 1 aliphatic carbocycles. The Morgan fingerprint density at radius 2 is 0.983 bits per heavy atom. The Morgan fingerprint density at radius 3 is 1.75 bits per heavy atom. The largest absolute Gasteiger partial charge is 0.455 e. The van der Waals surface area contributed by atoms with Gasteiger partial charge < -0.3 is 4.42 Å². The first-order chi connectivity index (χ1) is 29.0. The summed E-state index contributed by atoms with van der Waals surface area (Å²) in [6, 6.07) is 63.4. The second-order valence-electron chi connectivity index (χ2n) is 17.1. The first-order valence-corrected chi connectivity index (χ1v) is 21.4. The Morgan fingerprint density at radius 1 is 0.407 bits per heavy atom. The molecule has 1 aliphatic rings. The molecule has 0 saturated carbocycles. The van der Waals surface area contributed by atoms with Crippen LogP contribution >= 0.6 is 11.3 Å². The summed E-state index contributed by atoms with van der Waals surface area (Å²) in [4.78, 5) is 0. The molecule has 0 saturated heterocycles. The summed E-state index contributed by atoms with van der Waals surface area (Å²) in [6.45, 7) is 4.80. The van der Waals surface area contributed by atoms with Crippen molar-refractivity contribution in [3.63, 3.8) is 0 Å². The summed E-state index contributed by atoms with van der Waals surface area (Å²) >= 11 is 1.97. The molecule has 0 spiro atoms. The van der Waals surface area contributed by atoms with E-state index in [4.69, 9.17) is 4.42 Å². The van der Waals surface area contributed by atoms with Gasteiger partial charge in [-0.05, 0) is 94.2 Å². The van der Waals surface area contributed by atoms with Crippen molar-refractivity contribution in [2.45, 2.75) is 19.3 Å². The second-order valence-corrected chi connectivity index (χ2v) is 18.1. The second kappa shape index (κ2) is 11.1. The average Bonchev–Trinajstić information content (AvgIpc) is 3.93. The topological polar surface area (TPSA) is 13.1 Å². The molecule has 0 radical (unpaired) electrons. The van der Waals surface area contributed by atoms with Crippen LogP contribution in [-0.2, 0) is 5.41 Å². The summed E-state index contributed by atoms with van der Waals surface area (Å²) in [5.41, 5.74) is 12.4. The SMILES string of the molecule is CC1(C)c2ccccc2-c2ccc3c(sc4c(-c5c6ccccc6c(-c6ccc7c(c6)oc6c8cccc9ccc%10cccc(c76)c%10c98)c6ccccc56)cccc43)c21. The van der Waals surface area contributed by atoms with Crippen LogP contribution in [0.25, 0.3) is 129 Å². The molecule has 14 rings (SSSR count). The Balaban J connectivity index is 1.04. The van der Waals surface area contributed by atoms with Crippen LogP contribution < -0.4 is 0 Å². The van der Waals surface area contributed by atoms with Gasteiger partial charge in [-0.25, -0.2) is 0 Å². The maximum absolute atomic E-state index is 6.99. The van der Waals surface area contributed by atoms with Crippen molar-refractivity contribution in [3.8, 4) is 33.4 Å². The Hall–Kier alpha value is -7.00. The standard InChI is InChI=1S/C57H34OS/c1-57(2)46-23-8-7-14-34(46)39-28-29-41-40-19-11-22-45(55(40)59-56(41)53(39)57)51-37-17-5-3-15-35(37)48(36-16-4-6-18-38(36)51)33-26-27-42-47(30-33)58-54-44-21-10-13-32-25-24-31-12-9-20-43(52(42)54)49(31)50(32)44/h3-30H,1-2H3. The van der Waals surface area contributed by atoms with Crippen LogP contribution in [0.15, 0.2) is 174 Å². The van der Waals surface area contributed by atoms with Crippen molar-refractivity contribution in [2.75, 3.05) is 0 Å². The summed E-state index contributed by atoms with van der Waals surface area (Å²) in [7, 11) is 0. The van der Waals surface area contributed by atoms with Crippen molar-refractivity contribution in [2.24, 2.45) is 0 Å². The molecule has 0 fully saturated rings. The van der Waals surface area contributed by atoms with E-state index in [0.29, 0.717) is 0 Å². The van der Waals surface area contributed by atoms with Crippen molar-refractivity contribution in [1.29, 1.82) is 0 Å². The molecule has 0 aliphatic heterocycles. The van der Waals surface area contributed by atoms with Gasteiger partial charge in [-0.1, -0.05) is 172 Å². The highest BCUT2D eigenvalue weighted by atomic mass is 32.1. The van der Waals surface area contributed by atoms with E-state index in [2.05, 4.69) is 184 Å². The van der Waals surface area contributed by atoms with E-state index in [1.54, 1.807) is 0 Å². The van der Waals surface area contributed by atoms with Gasteiger partial charge in [0.05, 0.1) is 0 Å². The van der Waals surface area contributed by atoms with Crippen molar-refractivity contribution in [1.82, 2.24) is 0 Å². The van der Waals surface area contributed by atoms with Crippen LogP contribution in [0.2, 0.25) is 0 Å². The Bertz CT molecular complexity index is 3930. The predicted octanol–water partition coefficient (Wildman–Crippen LogP) is 16.8. The molecule has 0 unspecified atom stereocenters. The summed E-state index contributed by atoms with van der Waals surface area (Å²) in [5, 5.41) is 17.6. The minimum absolute atomic E-state index is 0.0768. The molecule has 0 N–H and O–H groups in total.